The van der Waals surface area contributed by atoms with Crippen molar-refractivity contribution in [3.05, 3.63) is 69.3 Å². The van der Waals surface area contributed by atoms with E-state index in [0.717, 1.165) is 10.1 Å². The fourth-order valence-electron chi connectivity index (χ4n) is 2.31. The molecule has 0 aliphatic carbocycles. The molecule has 0 aliphatic heterocycles. The number of fused-ring (bicyclic) bond motifs is 1. The minimum Gasteiger partial charge on any atom is -0.458 e. The zero-order valence-corrected chi connectivity index (χ0v) is 14.3. The van der Waals surface area contributed by atoms with Crippen molar-refractivity contribution in [2.45, 2.75) is 20.5 Å². The standard InChI is InChI=1S/C18H17N3O5/c1-11-3-5-13(6-4-11)18(24)19-9-17(23)25-10-14-8-16(22)21-15(20-14)7-12(2)26-21/h3-8H,9-10H2,1-2H3,(H,19,24). The summed E-state index contributed by atoms with van der Waals surface area (Å²) in [6.07, 6.45) is 0. The van der Waals surface area contributed by atoms with Crippen molar-refractivity contribution in [3.63, 3.8) is 0 Å². The average Bonchev–Trinajstić information content (AvgIpc) is 2.99. The van der Waals surface area contributed by atoms with Crippen LogP contribution < -0.4 is 10.9 Å². The third kappa shape index (κ3) is 3.97. The van der Waals surface area contributed by atoms with Crippen LogP contribution in [0.5, 0.6) is 0 Å². The molecule has 2 aromatic heterocycles. The number of hydrogen-bond donors (Lipinski definition) is 1. The number of aryl methyl sites for hydroxylation is 2. The lowest BCUT2D eigenvalue weighted by molar-refractivity contribution is -0.143. The molecule has 1 aromatic carbocycles. The highest BCUT2D eigenvalue weighted by molar-refractivity contribution is 5.95. The van der Waals surface area contributed by atoms with Crippen LogP contribution in [-0.2, 0) is 16.1 Å². The van der Waals surface area contributed by atoms with Gasteiger partial charge in [-0.15, -0.1) is 4.57 Å². The van der Waals surface area contributed by atoms with Crippen LogP contribution in [0.25, 0.3) is 5.65 Å². The van der Waals surface area contributed by atoms with Crippen molar-refractivity contribution < 1.29 is 18.8 Å². The molecular formula is C18H17N3O5. The van der Waals surface area contributed by atoms with E-state index in [9.17, 15) is 14.4 Å². The zero-order chi connectivity index (χ0) is 18.7. The number of nitrogens with one attached hydrogen (secondary N) is 1. The molecule has 0 unspecified atom stereocenters. The molecule has 8 nitrogen and oxygen atoms in total. The minimum atomic E-state index is -0.629. The average molecular weight is 355 g/mol. The van der Waals surface area contributed by atoms with Crippen LogP contribution in [0.4, 0.5) is 0 Å². The number of carbonyl (C=O) groups excluding carboxylic acids is 2. The molecule has 2 heterocycles. The van der Waals surface area contributed by atoms with Crippen molar-refractivity contribution in [2.24, 2.45) is 0 Å². The Morgan fingerprint density at radius 2 is 1.92 bits per heavy atom. The van der Waals surface area contributed by atoms with Gasteiger partial charge in [0.1, 0.15) is 18.9 Å². The maximum atomic E-state index is 11.9. The summed E-state index contributed by atoms with van der Waals surface area (Å²) in [4.78, 5) is 39.8. The van der Waals surface area contributed by atoms with Gasteiger partial charge in [0.05, 0.1) is 5.69 Å². The predicted octanol–water partition coefficient (Wildman–Crippen LogP) is 1.38. The van der Waals surface area contributed by atoms with Crippen molar-refractivity contribution in [1.82, 2.24) is 14.9 Å². The molecular weight excluding hydrogens is 338 g/mol. The second-order valence-electron chi connectivity index (χ2n) is 5.79. The Hall–Kier alpha value is -3.42. The smallest absolute Gasteiger partial charge is 0.325 e. The first-order valence-corrected chi connectivity index (χ1v) is 7.92. The van der Waals surface area contributed by atoms with Gasteiger partial charge >= 0.3 is 5.97 Å². The second-order valence-corrected chi connectivity index (χ2v) is 5.79. The van der Waals surface area contributed by atoms with E-state index in [1.807, 2.05) is 19.1 Å². The van der Waals surface area contributed by atoms with Gasteiger partial charge in [-0.1, -0.05) is 17.7 Å². The lowest BCUT2D eigenvalue weighted by Crippen LogP contribution is -2.30. The fraction of sp³-hybridized carbons (Fsp3) is 0.222. The number of nitrogens with zero attached hydrogens (tertiary/aromatic N) is 2. The molecule has 26 heavy (non-hydrogen) atoms. The van der Waals surface area contributed by atoms with Gasteiger partial charge in [0.2, 0.25) is 0 Å². The maximum absolute atomic E-state index is 11.9. The van der Waals surface area contributed by atoms with Crippen LogP contribution in [-0.4, -0.2) is 28.0 Å². The van der Waals surface area contributed by atoms with E-state index in [4.69, 9.17) is 9.26 Å². The SMILES string of the molecule is Cc1ccc(C(=O)NCC(=O)OCc2cc(=O)n3oc(C)cc3n2)cc1. The Bertz CT molecular complexity index is 1020. The number of amides is 1. The van der Waals surface area contributed by atoms with E-state index < -0.39 is 11.5 Å². The van der Waals surface area contributed by atoms with Crippen molar-refractivity contribution >= 4 is 17.5 Å². The molecule has 1 amide bonds. The Labute approximate surface area is 148 Å². The topological polar surface area (TPSA) is 103 Å². The number of carbonyl (C=O) groups is 2. The molecule has 0 radical (unpaired) electrons. The molecule has 134 valence electrons. The Morgan fingerprint density at radius 3 is 2.65 bits per heavy atom. The molecule has 0 saturated heterocycles. The normalized spacial score (nSPS) is 10.7. The molecule has 0 atom stereocenters. The van der Waals surface area contributed by atoms with Gasteiger partial charge in [-0.2, -0.15) is 0 Å². The summed E-state index contributed by atoms with van der Waals surface area (Å²) in [6, 6.07) is 9.81. The first-order valence-electron chi connectivity index (χ1n) is 7.92. The van der Waals surface area contributed by atoms with Crippen molar-refractivity contribution in [3.8, 4) is 0 Å². The van der Waals surface area contributed by atoms with Crippen LogP contribution >= 0.6 is 0 Å². The monoisotopic (exact) mass is 355 g/mol. The van der Waals surface area contributed by atoms with Crippen molar-refractivity contribution in [1.29, 1.82) is 0 Å². The molecule has 0 spiro atoms. The number of ether oxygens (including phenoxy) is 1. The molecule has 3 rings (SSSR count). The van der Waals surface area contributed by atoms with Gasteiger partial charge in [0.15, 0.2) is 5.65 Å². The Balaban J connectivity index is 1.55. The summed E-state index contributed by atoms with van der Waals surface area (Å²) in [7, 11) is 0. The van der Waals surface area contributed by atoms with E-state index in [1.54, 1.807) is 25.1 Å². The van der Waals surface area contributed by atoms with Gasteiger partial charge in [0.25, 0.3) is 11.5 Å². The molecule has 0 fully saturated rings. The van der Waals surface area contributed by atoms with Gasteiger partial charge in [-0.25, -0.2) is 4.98 Å². The molecule has 1 N–H and O–H groups in total. The van der Waals surface area contributed by atoms with E-state index in [1.165, 1.54) is 6.07 Å². The molecule has 0 saturated carbocycles. The van der Waals surface area contributed by atoms with Gasteiger partial charge < -0.3 is 14.6 Å². The number of hydrogen-bond acceptors (Lipinski definition) is 6. The Kier molecular flexibility index (Phi) is 4.83. The molecule has 0 aliphatic rings. The van der Waals surface area contributed by atoms with E-state index in [2.05, 4.69) is 10.3 Å². The predicted molar refractivity (Wildman–Crippen MR) is 91.8 cm³/mol. The van der Waals surface area contributed by atoms with E-state index in [0.29, 0.717) is 22.7 Å². The van der Waals surface area contributed by atoms with Crippen LogP contribution in [0, 0.1) is 13.8 Å². The first-order chi connectivity index (χ1) is 12.4. The maximum Gasteiger partial charge on any atom is 0.325 e. The Morgan fingerprint density at radius 1 is 1.19 bits per heavy atom. The molecule has 8 heteroatoms. The van der Waals surface area contributed by atoms with E-state index in [-0.39, 0.29) is 19.1 Å². The number of esters is 1. The van der Waals surface area contributed by atoms with Crippen LogP contribution in [0.2, 0.25) is 0 Å². The van der Waals surface area contributed by atoms with Crippen LogP contribution in [0.3, 0.4) is 0 Å². The quantitative estimate of drug-likeness (QED) is 0.694. The molecule has 3 aromatic rings. The minimum absolute atomic E-state index is 0.171. The highest BCUT2D eigenvalue weighted by atomic mass is 16.5. The summed E-state index contributed by atoms with van der Waals surface area (Å²) >= 11 is 0. The highest BCUT2D eigenvalue weighted by Gasteiger charge is 2.11. The van der Waals surface area contributed by atoms with Gasteiger partial charge in [-0.3, -0.25) is 14.4 Å². The zero-order valence-electron chi connectivity index (χ0n) is 14.3. The molecule has 0 bridgehead atoms. The van der Waals surface area contributed by atoms with Crippen LogP contribution in [0.1, 0.15) is 27.4 Å². The highest BCUT2D eigenvalue weighted by Crippen LogP contribution is 2.06. The lowest BCUT2D eigenvalue weighted by Gasteiger charge is -2.06. The van der Waals surface area contributed by atoms with E-state index >= 15 is 0 Å². The summed E-state index contributed by atoms with van der Waals surface area (Å²) in [6.45, 7) is 3.17. The first kappa shape index (κ1) is 17.4. The number of aromatic nitrogens is 2. The summed E-state index contributed by atoms with van der Waals surface area (Å²) in [5, 5.41) is 2.48. The lowest BCUT2D eigenvalue weighted by atomic mass is 10.1. The fourth-order valence-corrected chi connectivity index (χ4v) is 2.31. The third-order valence-corrected chi connectivity index (χ3v) is 3.61. The van der Waals surface area contributed by atoms with Gasteiger partial charge in [-0.05, 0) is 26.0 Å². The summed E-state index contributed by atoms with van der Waals surface area (Å²) in [5.41, 5.74) is 1.73. The third-order valence-electron chi connectivity index (χ3n) is 3.61. The van der Waals surface area contributed by atoms with Crippen LogP contribution in [0.15, 0.2) is 45.7 Å². The number of rotatable bonds is 5. The largest absolute Gasteiger partial charge is 0.458 e. The van der Waals surface area contributed by atoms with Gasteiger partial charge in [0, 0.05) is 17.7 Å². The summed E-state index contributed by atoms with van der Waals surface area (Å²) < 4.78 is 11.3. The second kappa shape index (κ2) is 7.22. The summed E-state index contributed by atoms with van der Waals surface area (Å²) in [5.74, 6) is -0.452. The van der Waals surface area contributed by atoms with Crippen molar-refractivity contribution in [2.75, 3.05) is 6.54 Å². The number of benzene rings is 1.